The molecule has 2 aromatic heterocycles. The lowest BCUT2D eigenvalue weighted by atomic mass is 9.82. The Morgan fingerprint density at radius 1 is 1.17 bits per heavy atom. The molecule has 0 saturated carbocycles. The molecule has 1 saturated heterocycles. The number of aliphatic imine (C=N–C) groups is 1. The normalized spacial score (nSPS) is 19.9. The van der Waals surface area contributed by atoms with Crippen molar-refractivity contribution in [3.05, 3.63) is 78.2 Å². The van der Waals surface area contributed by atoms with Crippen molar-refractivity contribution in [2.24, 2.45) is 10.9 Å². The number of rotatable bonds is 4. The molecule has 29 heavy (non-hydrogen) atoms. The van der Waals surface area contributed by atoms with Crippen LogP contribution in [-0.2, 0) is 6.54 Å². The highest BCUT2D eigenvalue weighted by molar-refractivity contribution is 5.80. The second-order valence-electron chi connectivity index (χ2n) is 7.60. The smallest absolute Gasteiger partial charge is 0.193 e. The van der Waals surface area contributed by atoms with Crippen molar-refractivity contribution in [3.8, 4) is 5.82 Å². The fourth-order valence-electron chi connectivity index (χ4n) is 4.15. The van der Waals surface area contributed by atoms with Gasteiger partial charge in [0, 0.05) is 45.3 Å². The minimum absolute atomic E-state index is 0.581. The van der Waals surface area contributed by atoms with E-state index in [1.807, 2.05) is 31.6 Å². The Balaban J connectivity index is 1.37. The van der Waals surface area contributed by atoms with E-state index in [1.165, 1.54) is 5.56 Å². The van der Waals surface area contributed by atoms with Gasteiger partial charge in [-0.1, -0.05) is 37.3 Å². The molecule has 0 bridgehead atoms. The first-order chi connectivity index (χ1) is 14.2. The molecule has 3 heterocycles. The first-order valence-corrected chi connectivity index (χ1v) is 10.2. The summed E-state index contributed by atoms with van der Waals surface area (Å²) in [6, 6.07) is 16.9. The lowest BCUT2D eigenvalue weighted by Crippen LogP contribution is -2.47. The van der Waals surface area contributed by atoms with Crippen molar-refractivity contribution in [2.45, 2.75) is 25.8 Å². The third-order valence-electron chi connectivity index (χ3n) is 5.64. The van der Waals surface area contributed by atoms with Crippen LogP contribution in [0.25, 0.3) is 5.82 Å². The molecule has 2 unspecified atom stereocenters. The van der Waals surface area contributed by atoms with Gasteiger partial charge in [-0.05, 0) is 47.6 Å². The van der Waals surface area contributed by atoms with Crippen molar-refractivity contribution in [3.63, 3.8) is 0 Å². The van der Waals surface area contributed by atoms with E-state index < -0.39 is 0 Å². The second-order valence-corrected chi connectivity index (χ2v) is 7.60. The lowest BCUT2D eigenvalue weighted by Gasteiger charge is -2.39. The van der Waals surface area contributed by atoms with Crippen LogP contribution < -0.4 is 5.32 Å². The first-order valence-electron chi connectivity index (χ1n) is 10.2. The van der Waals surface area contributed by atoms with Gasteiger partial charge in [-0.15, -0.1) is 0 Å². The number of nitrogens with zero attached hydrogens (tertiary/aromatic N) is 5. The molecule has 1 aliphatic rings. The van der Waals surface area contributed by atoms with E-state index in [0.29, 0.717) is 18.4 Å². The predicted molar refractivity (Wildman–Crippen MR) is 116 cm³/mol. The van der Waals surface area contributed by atoms with Crippen LogP contribution in [0.1, 0.15) is 30.4 Å². The summed E-state index contributed by atoms with van der Waals surface area (Å²) >= 11 is 0. The van der Waals surface area contributed by atoms with E-state index >= 15 is 0 Å². The molecule has 1 N–H and O–H groups in total. The van der Waals surface area contributed by atoms with Crippen LogP contribution >= 0.6 is 0 Å². The summed E-state index contributed by atoms with van der Waals surface area (Å²) in [5.41, 5.74) is 2.60. The molecule has 0 amide bonds. The Labute approximate surface area is 172 Å². The summed E-state index contributed by atoms with van der Waals surface area (Å²) in [6.07, 6.45) is 6.63. The highest BCUT2D eigenvalue weighted by atomic mass is 15.3. The molecule has 1 aliphatic heterocycles. The summed E-state index contributed by atoms with van der Waals surface area (Å²) in [7, 11) is 1.86. The lowest BCUT2D eigenvalue weighted by molar-refractivity contribution is 0.234. The van der Waals surface area contributed by atoms with Crippen LogP contribution in [0, 0.1) is 5.92 Å². The SMILES string of the molecule is CN=C(NCc1ccnc(-n2cccn2)c1)N1CCC(c2ccccc2)C(C)C1. The zero-order valence-electron chi connectivity index (χ0n) is 17.1. The fourth-order valence-corrected chi connectivity index (χ4v) is 4.15. The molecule has 0 radical (unpaired) electrons. The van der Waals surface area contributed by atoms with Gasteiger partial charge in [0.1, 0.15) is 0 Å². The van der Waals surface area contributed by atoms with Crippen LogP contribution in [0.5, 0.6) is 0 Å². The molecule has 2 atom stereocenters. The maximum Gasteiger partial charge on any atom is 0.193 e. The predicted octanol–water partition coefficient (Wildman–Crippen LogP) is 3.47. The van der Waals surface area contributed by atoms with Crippen molar-refractivity contribution in [2.75, 3.05) is 20.1 Å². The molecule has 150 valence electrons. The van der Waals surface area contributed by atoms with Crippen molar-refractivity contribution in [1.29, 1.82) is 0 Å². The number of nitrogens with one attached hydrogen (secondary N) is 1. The van der Waals surface area contributed by atoms with Gasteiger partial charge in [-0.25, -0.2) is 9.67 Å². The van der Waals surface area contributed by atoms with Gasteiger partial charge in [-0.2, -0.15) is 5.10 Å². The Morgan fingerprint density at radius 2 is 2.03 bits per heavy atom. The van der Waals surface area contributed by atoms with Gasteiger partial charge in [0.05, 0.1) is 0 Å². The maximum absolute atomic E-state index is 4.53. The molecule has 1 fully saturated rings. The average molecular weight is 389 g/mol. The molecule has 3 aromatic rings. The number of pyridine rings is 1. The first kappa shape index (κ1) is 19.2. The summed E-state index contributed by atoms with van der Waals surface area (Å²) in [4.78, 5) is 11.3. The quantitative estimate of drug-likeness (QED) is 0.549. The fraction of sp³-hybridized carbons (Fsp3) is 0.348. The molecule has 0 aliphatic carbocycles. The van der Waals surface area contributed by atoms with Crippen molar-refractivity contribution in [1.82, 2.24) is 25.0 Å². The average Bonchev–Trinajstić information content (AvgIpc) is 3.30. The topological polar surface area (TPSA) is 58.3 Å². The standard InChI is InChI=1S/C23H28N6/c1-18-17-28(14-10-21(18)20-7-4-3-5-8-20)23(24-2)26-16-19-9-12-25-22(15-19)29-13-6-11-27-29/h3-9,11-13,15,18,21H,10,14,16-17H2,1-2H3,(H,24,26). The molecule has 6 heteroatoms. The molecule has 0 spiro atoms. The highest BCUT2D eigenvalue weighted by Crippen LogP contribution is 2.32. The minimum atomic E-state index is 0.581. The van der Waals surface area contributed by atoms with Crippen molar-refractivity contribution >= 4 is 5.96 Å². The number of guanidine groups is 1. The number of hydrogen-bond acceptors (Lipinski definition) is 3. The van der Waals surface area contributed by atoms with Gasteiger partial charge >= 0.3 is 0 Å². The zero-order chi connectivity index (χ0) is 20.1. The van der Waals surface area contributed by atoms with Crippen molar-refractivity contribution < 1.29 is 0 Å². The summed E-state index contributed by atoms with van der Waals surface area (Å²) in [6.45, 7) is 5.07. The number of aromatic nitrogens is 3. The highest BCUT2D eigenvalue weighted by Gasteiger charge is 2.28. The molecule has 1 aromatic carbocycles. The van der Waals surface area contributed by atoms with E-state index in [4.69, 9.17) is 0 Å². The third kappa shape index (κ3) is 4.47. The minimum Gasteiger partial charge on any atom is -0.352 e. The molecule has 6 nitrogen and oxygen atoms in total. The molecular weight excluding hydrogens is 360 g/mol. The summed E-state index contributed by atoms with van der Waals surface area (Å²) < 4.78 is 1.77. The van der Waals surface area contributed by atoms with Gasteiger partial charge in [-0.3, -0.25) is 4.99 Å². The number of likely N-dealkylation sites (tertiary alicyclic amines) is 1. The largest absolute Gasteiger partial charge is 0.352 e. The van der Waals surface area contributed by atoms with Gasteiger partial charge in [0.25, 0.3) is 0 Å². The van der Waals surface area contributed by atoms with Crippen LogP contribution in [0.2, 0.25) is 0 Å². The molecule has 4 rings (SSSR count). The summed E-state index contributed by atoms with van der Waals surface area (Å²) in [5.74, 6) is 2.97. The van der Waals surface area contributed by atoms with E-state index in [-0.39, 0.29) is 0 Å². The Morgan fingerprint density at radius 3 is 2.76 bits per heavy atom. The van der Waals surface area contributed by atoms with E-state index in [1.54, 1.807) is 10.9 Å². The maximum atomic E-state index is 4.53. The van der Waals surface area contributed by atoms with Crippen LogP contribution in [-0.4, -0.2) is 45.8 Å². The van der Waals surface area contributed by atoms with Crippen LogP contribution in [0.15, 0.2) is 72.1 Å². The number of piperidine rings is 1. The Kier molecular flexibility index (Phi) is 5.89. The third-order valence-corrected chi connectivity index (χ3v) is 5.64. The van der Waals surface area contributed by atoms with Crippen LogP contribution in [0.4, 0.5) is 0 Å². The second kappa shape index (κ2) is 8.90. The van der Waals surface area contributed by atoms with E-state index in [2.05, 4.69) is 68.6 Å². The number of benzene rings is 1. The van der Waals surface area contributed by atoms with E-state index in [9.17, 15) is 0 Å². The van der Waals surface area contributed by atoms with Gasteiger partial charge < -0.3 is 10.2 Å². The number of hydrogen-bond donors (Lipinski definition) is 1. The van der Waals surface area contributed by atoms with E-state index in [0.717, 1.165) is 36.9 Å². The van der Waals surface area contributed by atoms with Gasteiger partial charge in [0.2, 0.25) is 0 Å². The monoisotopic (exact) mass is 388 g/mol. The Hall–Kier alpha value is -3.15. The Bertz CT molecular complexity index is 935. The zero-order valence-corrected chi connectivity index (χ0v) is 17.1. The molecular formula is C23H28N6. The van der Waals surface area contributed by atoms with Gasteiger partial charge in [0.15, 0.2) is 11.8 Å². The van der Waals surface area contributed by atoms with Crippen LogP contribution in [0.3, 0.4) is 0 Å². The summed E-state index contributed by atoms with van der Waals surface area (Å²) in [5, 5.41) is 7.78.